The summed E-state index contributed by atoms with van der Waals surface area (Å²) in [5.74, 6) is 1.85. The maximum absolute atomic E-state index is 6.49. The van der Waals surface area contributed by atoms with Crippen LogP contribution in [0, 0.1) is 0 Å². The molecule has 0 N–H and O–H groups in total. The number of aromatic nitrogens is 3. The summed E-state index contributed by atoms with van der Waals surface area (Å²) in [7, 11) is 0. The molecule has 0 atom stereocenters. The summed E-state index contributed by atoms with van der Waals surface area (Å²) in [5.41, 5.74) is 11.8. The van der Waals surface area contributed by atoms with Crippen molar-refractivity contribution in [1.82, 2.24) is 15.0 Å². The average molecular weight is 698 g/mol. The van der Waals surface area contributed by atoms with Crippen LogP contribution in [0.1, 0.15) is 25.0 Å². The van der Waals surface area contributed by atoms with Gasteiger partial charge in [-0.05, 0) is 69.8 Å². The van der Waals surface area contributed by atoms with Gasteiger partial charge in [0.05, 0.1) is 5.56 Å². The Kier molecular flexibility index (Phi) is 6.43. The highest BCUT2D eigenvalue weighted by Gasteiger charge is 2.35. The second-order valence-electron chi connectivity index (χ2n) is 14.4. The van der Waals surface area contributed by atoms with Crippen LogP contribution in [-0.2, 0) is 5.41 Å². The smallest absolute Gasteiger partial charge is 0.167 e. The van der Waals surface area contributed by atoms with Gasteiger partial charge in [-0.3, -0.25) is 0 Å². The second kappa shape index (κ2) is 11.3. The summed E-state index contributed by atoms with van der Waals surface area (Å²) in [6, 6.07) is 53.7. The van der Waals surface area contributed by atoms with Crippen molar-refractivity contribution in [1.29, 1.82) is 0 Å². The summed E-state index contributed by atoms with van der Waals surface area (Å²) < 4.78 is 8.94. The molecule has 250 valence electrons. The molecule has 0 bridgehead atoms. The van der Waals surface area contributed by atoms with Crippen LogP contribution in [0.2, 0.25) is 0 Å². The van der Waals surface area contributed by atoms with Crippen LogP contribution in [0.5, 0.6) is 0 Å². The third-order valence-corrected chi connectivity index (χ3v) is 12.1. The molecule has 0 radical (unpaired) electrons. The van der Waals surface area contributed by atoms with Gasteiger partial charge in [0.15, 0.2) is 17.5 Å². The van der Waals surface area contributed by atoms with E-state index in [1.165, 1.54) is 53.6 Å². The van der Waals surface area contributed by atoms with Gasteiger partial charge in [-0.15, -0.1) is 11.3 Å². The number of para-hydroxylation sites is 2. The van der Waals surface area contributed by atoms with E-state index in [0.29, 0.717) is 17.5 Å². The van der Waals surface area contributed by atoms with E-state index in [1.807, 2.05) is 18.2 Å². The zero-order valence-electron chi connectivity index (χ0n) is 29.1. The average Bonchev–Trinajstić information content (AvgIpc) is 3.85. The maximum Gasteiger partial charge on any atom is 0.167 e. The Bertz CT molecular complexity index is 3100. The minimum absolute atomic E-state index is 0.146. The third kappa shape index (κ3) is 4.64. The summed E-state index contributed by atoms with van der Waals surface area (Å²) in [6.45, 7) is 4.61. The van der Waals surface area contributed by atoms with E-state index >= 15 is 0 Å². The fourth-order valence-corrected chi connectivity index (χ4v) is 9.37. The molecule has 3 aromatic heterocycles. The summed E-state index contributed by atoms with van der Waals surface area (Å²) in [5, 5.41) is 4.60. The minimum atomic E-state index is -0.146. The molecule has 4 nitrogen and oxygen atoms in total. The van der Waals surface area contributed by atoms with Gasteiger partial charge in [0.2, 0.25) is 0 Å². The van der Waals surface area contributed by atoms with Crippen LogP contribution >= 0.6 is 11.3 Å². The van der Waals surface area contributed by atoms with E-state index in [2.05, 4.69) is 147 Å². The van der Waals surface area contributed by atoms with Gasteiger partial charge in [-0.1, -0.05) is 129 Å². The monoisotopic (exact) mass is 697 g/mol. The highest BCUT2D eigenvalue weighted by atomic mass is 32.1. The van der Waals surface area contributed by atoms with Gasteiger partial charge in [-0.25, -0.2) is 15.0 Å². The zero-order chi connectivity index (χ0) is 35.3. The minimum Gasteiger partial charge on any atom is -0.455 e. The Balaban J connectivity index is 1.10. The third-order valence-electron chi connectivity index (χ3n) is 11.0. The second-order valence-corrected chi connectivity index (χ2v) is 15.5. The number of rotatable bonds is 4. The number of thiophene rings is 1. The molecule has 0 saturated carbocycles. The molecule has 1 aliphatic carbocycles. The van der Waals surface area contributed by atoms with Crippen molar-refractivity contribution in [3.63, 3.8) is 0 Å². The Morgan fingerprint density at radius 2 is 1.11 bits per heavy atom. The van der Waals surface area contributed by atoms with E-state index in [0.717, 1.165) is 38.6 Å². The van der Waals surface area contributed by atoms with Crippen LogP contribution in [0.3, 0.4) is 0 Å². The van der Waals surface area contributed by atoms with E-state index < -0.39 is 0 Å². The molecule has 0 saturated heterocycles. The highest BCUT2D eigenvalue weighted by Crippen LogP contribution is 2.49. The van der Waals surface area contributed by atoms with E-state index in [-0.39, 0.29) is 5.41 Å². The fourth-order valence-electron chi connectivity index (χ4n) is 8.25. The van der Waals surface area contributed by atoms with E-state index in [9.17, 15) is 0 Å². The van der Waals surface area contributed by atoms with Gasteiger partial charge in [0.25, 0.3) is 0 Å². The van der Waals surface area contributed by atoms with Crippen molar-refractivity contribution in [2.24, 2.45) is 0 Å². The van der Waals surface area contributed by atoms with Gasteiger partial charge in [0, 0.05) is 47.5 Å². The highest BCUT2D eigenvalue weighted by molar-refractivity contribution is 7.25. The van der Waals surface area contributed by atoms with Crippen molar-refractivity contribution < 1.29 is 4.42 Å². The molecule has 11 rings (SSSR count). The molecular weight excluding hydrogens is 667 g/mol. The molecule has 1 aliphatic rings. The van der Waals surface area contributed by atoms with Gasteiger partial charge >= 0.3 is 0 Å². The number of furan rings is 1. The number of nitrogens with zero attached hydrogens (tertiary/aromatic N) is 3. The quantitative estimate of drug-likeness (QED) is 0.184. The van der Waals surface area contributed by atoms with Crippen LogP contribution in [0.4, 0.5) is 0 Å². The predicted molar refractivity (Wildman–Crippen MR) is 219 cm³/mol. The molecule has 10 aromatic rings. The Hall–Kier alpha value is -6.43. The van der Waals surface area contributed by atoms with Crippen molar-refractivity contribution in [2.45, 2.75) is 19.3 Å². The van der Waals surface area contributed by atoms with Crippen LogP contribution < -0.4 is 0 Å². The fraction of sp³-hybridized carbons (Fsp3) is 0.0625. The standard InChI is InChI=1S/C48H31N3OS/c1-48(2)39-17-8-6-13-32(39)33-22-19-30(26-40(33)48)45-49-46(51-47(50-45)37-16-10-15-36-34-14-7-9-18-41(34)52-44(36)37)31-20-23-35-38-25-29(28-11-4-3-5-12-28)21-24-42(38)53-43(35)27-31/h3-27H,1-2H3. The van der Waals surface area contributed by atoms with E-state index in [4.69, 9.17) is 19.4 Å². The van der Waals surface area contributed by atoms with Crippen molar-refractivity contribution in [2.75, 3.05) is 0 Å². The first-order valence-electron chi connectivity index (χ1n) is 17.9. The van der Waals surface area contributed by atoms with Crippen LogP contribution in [-0.4, -0.2) is 15.0 Å². The maximum atomic E-state index is 6.49. The number of hydrogen-bond donors (Lipinski definition) is 0. The first kappa shape index (κ1) is 30.2. The molecule has 7 aromatic carbocycles. The van der Waals surface area contributed by atoms with Crippen LogP contribution in [0.15, 0.2) is 156 Å². The van der Waals surface area contributed by atoms with Crippen LogP contribution in [0.25, 0.3) is 98.5 Å². The van der Waals surface area contributed by atoms with Gasteiger partial charge < -0.3 is 4.42 Å². The number of benzene rings is 7. The van der Waals surface area contributed by atoms with Gasteiger partial charge in [-0.2, -0.15) is 0 Å². The van der Waals surface area contributed by atoms with Crippen molar-refractivity contribution in [3.05, 3.63) is 163 Å². The molecule has 5 heteroatoms. The molecule has 0 fully saturated rings. The molecule has 0 unspecified atom stereocenters. The molecule has 0 spiro atoms. The molecule has 0 amide bonds. The van der Waals surface area contributed by atoms with Gasteiger partial charge in [0.1, 0.15) is 11.2 Å². The lowest BCUT2D eigenvalue weighted by atomic mass is 9.82. The topological polar surface area (TPSA) is 51.8 Å². The molecule has 53 heavy (non-hydrogen) atoms. The molecule has 3 heterocycles. The number of fused-ring (bicyclic) bond motifs is 9. The molecule has 0 aliphatic heterocycles. The lowest BCUT2D eigenvalue weighted by Crippen LogP contribution is -2.15. The largest absolute Gasteiger partial charge is 0.455 e. The normalized spacial score (nSPS) is 13.2. The lowest BCUT2D eigenvalue weighted by Gasteiger charge is -2.21. The Morgan fingerprint density at radius 1 is 0.434 bits per heavy atom. The molecular formula is C48H31N3OS. The predicted octanol–water partition coefficient (Wildman–Crippen LogP) is 13.1. The summed E-state index contributed by atoms with van der Waals surface area (Å²) in [4.78, 5) is 15.6. The van der Waals surface area contributed by atoms with Crippen molar-refractivity contribution >= 4 is 53.4 Å². The van der Waals surface area contributed by atoms with E-state index in [1.54, 1.807) is 11.3 Å². The first-order valence-corrected chi connectivity index (χ1v) is 18.7. The Morgan fingerprint density at radius 3 is 2.00 bits per heavy atom. The lowest BCUT2D eigenvalue weighted by molar-refractivity contribution is 0.660. The zero-order valence-corrected chi connectivity index (χ0v) is 29.9. The summed E-state index contributed by atoms with van der Waals surface area (Å²) in [6.07, 6.45) is 0. The SMILES string of the molecule is CC1(C)c2ccccc2-c2ccc(-c3nc(-c4ccc5c(c4)sc4ccc(-c6ccccc6)cc45)nc(-c4cccc5c4oc4ccccc45)n3)cc21. The Labute approximate surface area is 310 Å². The van der Waals surface area contributed by atoms with Crippen molar-refractivity contribution in [3.8, 4) is 56.4 Å². The number of hydrogen-bond acceptors (Lipinski definition) is 5. The first-order chi connectivity index (χ1) is 26.0. The summed E-state index contributed by atoms with van der Waals surface area (Å²) >= 11 is 1.80.